The van der Waals surface area contributed by atoms with Gasteiger partial charge in [-0.15, -0.1) is 0 Å². The van der Waals surface area contributed by atoms with Gasteiger partial charge in [0.2, 0.25) is 0 Å². The van der Waals surface area contributed by atoms with Crippen LogP contribution in [0.4, 0.5) is 11.4 Å². The van der Waals surface area contributed by atoms with E-state index in [4.69, 9.17) is 4.74 Å². The van der Waals surface area contributed by atoms with E-state index in [1.54, 1.807) is 37.3 Å². The summed E-state index contributed by atoms with van der Waals surface area (Å²) >= 11 is 0. The minimum absolute atomic E-state index is 0.0883. The lowest BCUT2D eigenvalue weighted by molar-refractivity contribution is -0.384. The van der Waals surface area contributed by atoms with Gasteiger partial charge in [-0.05, 0) is 62.7 Å². The highest BCUT2D eigenvalue weighted by Crippen LogP contribution is 2.27. The number of esters is 1. The molecule has 0 aliphatic carbocycles. The summed E-state index contributed by atoms with van der Waals surface area (Å²) in [5, 5.41) is 13.6. The fraction of sp³-hybridized carbons (Fsp3) is 0.182. The minimum atomic E-state index is -0.657. The molecule has 2 aromatic carbocycles. The normalized spacial score (nSPS) is 10.5. The standard InChI is InChI=1S/C22H21N3O5/c1-14-5-4-6-19(25(28)29)21(14)23-20(26)13-30-22(27)17-9-11-18(12-10-17)24-15(2)7-8-16(24)3/h4-12H,13H2,1-3H3,(H,23,26). The number of nitrogens with one attached hydrogen (secondary N) is 1. The zero-order chi connectivity index (χ0) is 21.8. The van der Waals surface area contributed by atoms with Gasteiger partial charge in [0.1, 0.15) is 5.69 Å². The Bertz CT molecular complexity index is 1100. The van der Waals surface area contributed by atoms with E-state index in [2.05, 4.69) is 9.88 Å². The molecule has 0 radical (unpaired) electrons. The molecule has 0 atom stereocenters. The Hall–Kier alpha value is -3.94. The highest BCUT2D eigenvalue weighted by molar-refractivity contribution is 5.97. The number of para-hydroxylation sites is 1. The Labute approximate surface area is 173 Å². The summed E-state index contributed by atoms with van der Waals surface area (Å²) in [6.07, 6.45) is 0. The molecule has 1 N–H and O–H groups in total. The molecule has 8 nitrogen and oxygen atoms in total. The first-order valence-electron chi connectivity index (χ1n) is 9.24. The van der Waals surface area contributed by atoms with Crippen molar-refractivity contribution in [2.24, 2.45) is 0 Å². The number of nitro benzene ring substituents is 1. The molecule has 8 heteroatoms. The van der Waals surface area contributed by atoms with Crippen LogP contribution >= 0.6 is 0 Å². The quantitative estimate of drug-likeness (QED) is 0.376. The van der Waals surface area contributed by atoms with Crippen molar-refractivity contribution in [2.45, 2.75) is 20.8 Å². The van der Waals surface area contributed by atoms with Crippen molar-refractivity contribution in [3.8, 4) is 5.69 Å². The van der Waals surface area contributed by atoms with E-state index >= 15 is 0 Å². The Morgan fingerprint density at radius 3 is 2.23 bits per heavy atom. The second-order valence-electron chi connectivity index (χ2n) is 6.85. The maximum atomic E-state index is 12.3. The first-order chi connectivity index (χ1) is 14.3. The molecule has 1 aromatic heterocycles. The monoisotopic (exact) mass is 407 g/mol. The van der Waals surface area contributed by atoms with Crippen LogP contribution < -0.4 is 5.32 Å². The Morgan fingerprint density at radius 2 is 1.63 bits per heavy atom. The van der Waals surface area contributed by atoms with Gasteiger partial charge in [-0.25, -0.2) is 4.79 Å². The van der Waals surface area contributed by atoms with Crippen molar-refractivity contribution in [3.63, 3.8) is 0 Å². The zero-order valence-corrected chi connectivity index (χ0v) is 16.8. The van der Waals surface area contributed by atoms with E-state index in [9.17, 15) is 19.7 Å². The predicted molar refractivity (Wildman–Crippen MR) is 112 cm³/mol. The summed E-state index contributed by atoms with van der Waals surface area (Å²) < 4.78 is 7.11. The Balaban J connectivity index is 1.64. The van der Waals surface area contributed by atoms with Crippen LogP contribution in [0.15, 0.2) is 54.6 Å². The van der Waals surface area contributed by atoms with Gasteiger partial charge < -0.3 is 14.6 Å². The molecule has 0 bridgehead atoms. The molecule has 0 fully saturated rings. The maximum Gasteiger partial charge on any atom is 0.338 e. The largest absolute Gasteiger partial charge is 0.452 e. The molecule has 0 unspecified atom stereocenters. The van der Waals surface area contributed by atoms with Crippen molar-refractivity contribution < 1.29 is 19.2 Å². The molecule has 154 valence electrons. The fourth-order valence-electron chi connectivity index (χ4n) is 3.18. The van der Waals surface area contributed by atoms with Crippen molar-refractivity contribution >= 4 is 23.3 Å². The molecular formula is C22H21N3O5. The summed E-state index contributed by atoms with van der Waals surface area (Å²) in [5.74, 6) is -1.31. The SMILES string of the molecule is Cc1cccc([N+](=O)[O-])c1NC(=O)COC(=O)c1ccc(-n2c(C)ccc2C)cc1. The van der Waals surface area contributed by atoms with Crippen LogP contribution in [0.1, 0.15) is 27.3 Å². The summed E-state index contributed by atoms with van der Waals surface area (Å²) in [6.45, 7) is 5.07. The van der Waals surface area contributed by atoms with Gasteiger partial charge in [0.05, 0.1) is 10.5 Å². The van der Waals surface area contributed by atoms with Crippen LogP contribution in [0.3, 0.4) is 0 Å². The number of carbonyl (C=O) groups is 2. The van der Waals surface area contributed by atoms with E-state index in [-0.39, 0.29) is 11.4 Å². The van der Waals surface area contributed by atoms with Gasteiger partial charge in [0.25, 0.3) is 11.6 Å². The first-order valence-corrected chi connectivity index (χ1v) is 9.24. The maximum absolute atomic E-state index is 12.3. The number of amides is 1. The average Bonchev–Trinajstić information content (AvgIpc) is 3.05. The number of aromatic nitrogens is 1. The van der Waals surface area contributed by atoms with Gasteiger partial charge in [-0.1, -0.05) is 12.1 Å². The summed E-state index contributed by atoms with van der Waals surface area (Å²) in [6, 6.07) is 15.3. The molecule has 3 aromatic rings. The predicted octanol–water partition coefficient (Wildman–Crippen LogP) is 4.11. The number of nitro groups is 1. The zero-order valence-electron chi connectivity index (χ0n) is 16.8. The number of ether oxygens (including phenoxy) is 1. The lowest BCUT2D eigenvalue weighted by Crippen LogP contribution is -2.22. The topological polar surface area (TPSA) is 103 Å². The molecule has 0 saturated heterocycles. The molecule has 0 aliphatic heterocycles. The number of benzene rings is 2. The van der Waals surface area contributed by atoms with Gasteiger partial charge in [-0.3, -0.25) is 14.9 Å². The van der Waals surface area contributed by atoms with E-state index in [1.165, 1.54) is 12.1 Å². The van der Waals surface area contributed by atoms with Crippen molar-refractivity contribution in [1.29, 1.82) is 0 Å². The van der Waals surface area contributed by atoms with Gasteiger partial charge in [0.15, 0.2) is 6.61 Å². The highest BCUT2D eigenvalue weighted by atomic mass is 16.6. The molecule has 1 amide bonds. The number of anilines is 1. The lowest BCUT2D eigenvalue weighted by atomic mass is 10.1. The number of hydrogen-bond donors (Lipinski definition) is 1. The number of aryl methyl sites for hydroxylation is 3. The van der Waals surface area contributed by atoms with E-state index in [0.29, 0.717) is 11.1 Å². The van der Waals surface area contributed by atoms with Crippen LogP contribution in [-0.4, -0.2) is 28.0 Å². The molecule has 0 saturated carbocycles. The van der Waals surface area contributed by atoms with Crippen LogP contribution in [0.2, 0.25) is 0 Å². The third kappa shape index (κ3) is 4.38. The summed E-state index contributed by atoms with van der Waals surface area (Å²) in [7, 11) is 0. The van der Waals surface area contributed by atoms with Gasteiger partial charge in [-0.2, -0.15) is 0 Å². The van der Waals surface area contributed by atoms with Gasteiger partial charge in [0, 0.05) is 23.1 Å². The van der Waals surface area contributed by atoms with E-state index < -0.39 is 23.4 Å². The van der Waals surface area contributed by atoms with Crippen LogP contribution in [0.25, 0.3) is 5.69 Å². The van der Waals surface area contributed by atoms with Gasteiger partial charge >= 0.3 is 5.97 Å². The third-order valence-corrected chi connectivity index (χ3v) is 4.68. The summed E-state index contributed by atoms with van der Waals surface area (Å²) in [4.78, 5) is 35.0. The van der Waals surface area contributed by atoms with E-state index in [1.807, 2.05) is 26.0 Å². The molecule has 0 aliphatic rings. The molecule has 30 heavy (non-hydrogen) atoms. The number of hydrogen-bond acceptors (Lipinski definition) is 5. The van der Waals surface area contributed by atoms with Crippen LogP contribution in [0, 0.1) is 30.9 Å². The third-order valence-electron chi connectivity index (χ3n) is 4.68. The first kappa shape index (κ1) is 20.8. The number of carbonyl (C=O) groups excluding carboxylic acids is 2. The smallest absolute Gasteiger partial charge is 0.338 e. The minimum Gasteiger partial charge on any atom is -0.452 e. The number of rotatable bonds is 6. The Kier molecular flexibility index (Phi) is 5.96. The number of nitrogens with zero attached hydrogens (tertiary/aromatic N) is 2. The second-order valence-corrected chi connectivity index (χ2v) is 6.85. The summed E-state index contributed by atoms with van der Waals surface area (Å²) in [5.41, 5.74) is 3.77. The molecule has 0 spiro atoms. The van der Waals surface area contributed by atoms with Crippen LogP contribution in [-0.2, 0) is 9.53 Å². The van der Waals surface area contributed by atoms with Crippen molar-refractivity contribution in [3.05, 3.63) is 87.2 Å². The lowest BCUT2D eigenvalue weighted by Gasteiger charge is -2.11. The van der Waals surface area contributed by atoms with Crippen molar-refractivity contribution in [1.82, 2.24) is 4.57 Å². The molecule has 3 rings (SSSR count). The average molecular weight is 407 g/mol. The van der Waals surface area contributed by atoms with Crippen molar-refractivity contribution in [2.75, 3.05) is 11.9 Å². The fourth-order valence-corrected chi connectivity index (χ4v) is 3.18. The molecule has 1 heterocycles. The molecular weight excluding hydrogens is 386 g/mol. The van der Waals surface area contributed by atoms with Crippen LogP contribution in [0.5, 0.6) is 0 Å². The second kappa shape index (κ2) is 8.60. The van der Waals surface area contributed by atoms with E-state index in [0.717, 1.165) is 17.1 Å². The Morgan fingerprint density at radius 1 is 1.00 bits per heavy atom. The highest BCUT2D eigenvalue weighted by Gasteiger charge is 2.19.